The number of ether oxygens (including phenoxy) is 1. The number of carbonyl (C=O) groups is 1. The second kappa shape index (κ2) is 7.75. The van der Waals surface area contributed by atoms with E-state index in [-0.39, 0.29) is 12.5 Å². The summed E-state index contributed by atoms with van der Waals surface area (Å²) in [6, 6.07) is 7.98. The Morgan fingerprint density at radius 3 is 2.91 bits per heavy atom. The van der Waals surface area contributed by atoms with Crippen molar-refractivity contribution in [1.29, 1.82) is 0 Å². The molecule has 0 fully saturated rings. The van der Waals surface area contributed by atoms with E-state index in [1.807, 2.05) is 41.9 Å². The predicted molar refractivity (Wildman–Crippen MR) is 90.8 cm³/mol. The predicted octanol–water partition coefficient (Wildman–Crippen LogP) is 3.71. The molecule has 1 aromatic heterocycles. The second-order valence-electron chi connectivity index (χ2n) is 5.33. The molecule has 2 rings (SSSR count). The van der Waals surface area contributed by atoms with Crippen LogP contribution in [-0.2, 0) is 4.79 Å². The molecule has 0 saturated carbocycles. The third-order valence-electron chi connectivity index (χ3n) is 3.10. The lowest BCUT2D eigenvalue weighted by Gasteiger charge is -2.14. The minimum Gasteiger partial charge on any atom is -0.483 e. The average molecular weight is 316 g/mol. The van der Waals surface area contributed by atoms with E-state index < -0.39 is 0 Å². The number of hydrogen-bond donors (Lipinski definition) is 1. The molecule has 0 aliphatic carbocycles. The van der Waals surface area contributed by atoms with Crippen LogP contribution in [0, 0.1) is 6.92 Å². The molecule has 0 unspecified atom stereocenters. The van der Waals surface area contributed by atoms with E-state index in [0.29, 0.717) is 5.92 Å². The third-order valence-corrected chi connectivity index (χ3v) is 3.80. The monoisotopic (exact) mass is 316 g/mol. The molecule has 2 aromatic rings. The van der Waals surface area contributed by atoms with Gasteiger partial charge in [-0.15, -0.1) is 0 Å². The van der Waals surface area contributed by atoms with Crippen LogP contribution >= 0.6 is 11.3 Å². The van der Waals surface area contributed by atoms with Crippen LogP contribution in [0.25, 0.3) is 0 Å². The smallest absolute Gasteiger partial charge is 0.277 e. The van der Waals surface area contributed by atoms with Crippen LogP contribution in [0.3, 0.4) is 0 Å². The van der Waals surface area contributed by atoms with Crippen LogP contribution in [0.5, 0.6) is 5.75 Å². The molecule has 0 bridgehead atoms. The fourth-order valence-electron chi connectivity index (χ4n) is 1.95. The van der Waals surface area contributed by atoms with Gasteiger partial charge >= 0.3 is 0 Å². The molecule has 0 radical (unpaired) electrons. The number of hydrogen-bond acceptors (Lipinski definition) is 4. The Morgan fingerprint density at radius 1 is 1.41 bits per heavy atom. The lowest BCUT2D eigenvalue weighted by molar-refractivity contribution is -0.123. The van der Waals surface area contributed by atoms with Gasteiger partial charge < -0.3 is 4.74 Å². The molecule has 4 nitrogen and oxygen atoms in total. The summed E-state index contributed by atoms with van der Waals surface area (Å²) in [5, 5.41) is 7.81. The van der Waals surface area contributed by atoms with Crippen LogP contribution < -0.4 is 10.2 Å². The van der Waals surface area contributed by atoms with Crippen molar-refractivity contribution in [3.05, 3.63) is 51.7 Å². The largest absolute Gasteiger partial charge is 0.483 e. The Kier molecular flexibility index (Phi) is 5.72. The molecule has 1 amide bonds. The number of carbonyl (C=O) groups excluding carboxylic acids is 1. The summed E-state index contributed by atoms with van der Waals surface area (Å²) in [4.78, 5) is 11.8. The minimum absolute atomic E-state index is 0.0514. The molecule has 22 heavy (non-hydrogen) atoms. The first kappa shape index (κ1) is 16.2. The number of amides is 1. The van der Waals surface area contributed by atoms with Gasteiger partial charge in [0, 0.05) is 5.56 Å². The van der Waals surface area contributed by atoms with E-state index in [1.54, 1.807) is 17.6 Å². The zero-order valence-corrected chi connectivity index (χ0v) is 13.8. The van der Waals surface area contributed by atoms with Crippen LogP contribution in [0.15, 0.2) is 40.1 Å². The number of aryl methyl sites for hydroxylation is 1. The Bertz CT molecular complexity index is 649. The molecule has 1 N–H and O–H groups in total. The first-order valence-electron chi connectivity index (χ1n) is 7.13. The van der Waals surface area contributed by atoms with Crippen molar-refractivity contribution in [2.45, 2.75) is 26.7 Å². The van der Waals surface area contributed by atoms with Crippen molar-refractivity contribution >= 4 is 23.5 Å². The third kappa shape index (κ3) is 4.70. The van der Waals surface area contributed by atoms with E-state index >= 15 is 0 Å². The van der Waals surface area contributed by atoms with Gasteiger partial charge in [-0.3, -0.25) is 4.79 Å². The molecular formula is C17H20N2O2S. The fourth-order valence-corrected chi connectivity index (χ4v) is 2.56. The van der Waals surface area contributed by atoms with Crippen molar-refractivity contribution in [2.24, 2.45) is 5.10 Å². The average Bonchev–Trinajstić information content (AvgIpc) is 2.98. The fraction of sp³-hybridized carbons (Fsp3) is 0.294. The number of thiophene rings is 1. The maximum atomic E-state index is 11.8. The van der Waals surface area contributed by atoms with Crippen LogP contribution in [0.1, 0.15) is 36.5 Å². The van der Waals surface area contributed by atoms with Crippen LogP contribution in [0.4, 0.5) is 0 Å². The highest BCUT2D eigenvalue weighted by Gasteiger charge is 2.09. The van der Waals surface area contributed by atoms with Gasteiger partial charge in [-0.2, -0.15) is 16.4 Å². The maximum Gasteiger partial charge on any atom is 0.277 e. The molecule has 1 heterocycles. The number of hydrazone groups is 1. The SMILES string of the molecule is Cc1ccc(C(C)C)c(OCC(=O)NN=Cc2ccsc2)c1. The van der Waals surface area contributed by atoms with Gasteiger partial charge in [-0.1, -0.05) is 26.0 Å². The maximum absolute atomic E-state index is 11.8. The van der Waals surface area contributed by atoms with Gasteiger partial charge in [0.2, 0.25) is 0 Å². The van der Waals surface area contributed by atoms with Crippen LogP contribution in [-0.4, -0.2) is 18.7 Å². The van der Waals surface area contributed by atoms with Gasteiger partial charge in [0.05, 0.1) is 6.21 Å². The molecule has 5 heteroatoms. The van der Waals surface area contributed by atoms with Crippen LogP contribution in [0.2, 0.25) is 0 Å². The van der Waals surface area contributed by atoms with E-state index in [9.17, 15) is 4.79 Å². The Hall–Kier alpha value is -2.14. The first-order valence-corrected chi connectivity index (χ1v) is 8.08. The summed E-state index contributed by atoms with van der Waals surface area (Å²) < 4.78 is 5.64. The lowest BCUT2D eigenvalue weighted by Crippen LogP contribution is -2.24. The van der Waals surface area contributed by atoms with Crippen molar-refractivity contribution in [1.82, 2.24) is 5.43 Å². The quantitative estimate of drug-likeness (QED) is 0.652. The summed E-state index contributed by atoms with van der Waals surface area (Å²) >= 11 is 1.58. The topological polar surface area (TPSA) is 50.7 Å². The second-order valence-corrected chi connectivity index (χ2v) is 6.11. The lowest BCUT2D eigenvalue weighted by atomic mass is 10.0. The highest BCUT2D eigenvalue weighted by Crippen LogP contribution is 2.27. The van der Waals surface area contributed by atoms with E-state index in [2.05, 4.69) is 24.4 Å². The van der Waals surface area contributed by atoms with Crippen molar-refractivity contribution in [2.75, 3.05) is 6.61 Å². The van der Waals surface area contributed by atoms with E-state index in [4.69, 9.17) is 4.74 Å². The number of benzene rings is 1. The summed E-state index contributed by atoms with van der Waals surface area (Å²) in [5.41, 5.74) is 5.63. The van der Waals surface area contributed by atoms with Gasteiger partial charge in [-0.25, -0.2) is 5.43 Å². The Morgan fingerprint density at radius 2 is 2.23 bits per heavy atom. The number of nitrogens with one attached hydrogen (secondary N) is 1. The van der Waals surface area contributed by atoms with Gasteiger partial charge in [0.1, 0.15) is 5.75 Å². The van der Waals surface area contributed by atoms with Gasteiger partial charge in [0.15, 0.2) is 6.61 Å². The van der Waals surface area contributed by atoms with Crippen molar-refractivity contribution < 1.29 is 9.53 Å². The number of nitrogens with zero attached hydrogens (tertiary/aromatic N) is 1. The molecule has 116 valence electrons. The standard InChI is InChI=1S/C17H20N2O2S/c1-12(2)15-5-4-13(3)8-16(15)21-10-17(20)19-18-9-14-6-7-22-11-14/h4-9,11-12H,10H2,1-3H3,(H,19,20). The summed E-state index contributed by atoms with van der Waals surface area (Å²) in [7, 11) is 0. The summed E-state index contributed by atoms with van der Waals surface area (Å²) in [5.74, 6) is 0.824. The van der Waals surface area contributed by atoms with Crippen molar-refractivity contribution in [3.63, 3.8) is 0 Å². The normalized spacial score (nSPS) is 11.1. The zero-order valence-electron chi connectivity index (χ0n) is 13.0. The molecule has 0 atom stereocenters. The Balaban J connectivity index is 1.89. The highest BCUT2D eigenvalue weighted by molar-refractivity contribution is 7.08. The van der Waals surface area contributed by atoms with Gasteiger partial charge in [0.25, 0.3) is 5.91 Å². The minimum atomic E-state index is -0.275. The molecule has 0 saturated heterocycles. The van der Waals surface area contributed by atoms with E-state index in [1.165, 1.54) is 0 Å². The highest BCUT2D eigenvalue weighted by atomic mass is 32.1. The molecule has 0 aliphatic rings. The first-order chi connectivity index (χ1) is 10.6. The van der Waals surface area contributed by atoms with E-state index in [0.717, 1.165) is 22.4 Å². The molecule has 1 aromatic carbocycles. The number of rotatable bonds is 6. The summed E-state index contributed by atoms with van der Waals surface area (Å²) in [6.07, 6.45) is 1.61. The zero-order chi connectivity index (χ0) is 15.9. The Labute approximate surface area is 134 Å². The van der Waals surface area contributed by atoms with Crippen molar-refractivity contribution in [3.8, 4) is 5.75 Å². The summed E-state index contributed by atoms with van der Waals surface area (Å²) in [6.45, 7) is 6.15. The molecular weight excluding hydrogens is 296 g/mol. The molecule has 0 aliphatic heterocycles. The van der Waals surface area contributed by atoms with Gasteiger partial charge in [-0.05, 0) is 46.9 Å². The molecule has 0 spiro atoms.